The van der Waals surface area contributed by atoms with Gasteiger partial charge < -0.3 is 10.1 Å². The molecule has 0 aliphatic carbocycles. The summed E-state index contributed by atoms with van der Waals surface area (Å²) in [6.07, 6.45) is 2.97. The molecule has 0 atom stereocenters. The fourth-order valence-electron chi connectivity index (χ4n) is 2.17. The van der Waals surface area contributed by atoms with Crippen molar-refractivity contribution in [1.82, 2.24) is 14.8 Å². The van der Waals surface area contributed by atoms with Crippen molar-refractivity contribution < 1.29 is 14.3 Å². The molecule has 2 aromatic carbocycles. The molecular weight excluding hydrogens is 356 g/mol. The lowest BCUT2D eigenvalue weighted by atomic mass is 10.2. The molecule has 1 N–H and O–H groups in total. The molecule has 0 saturated carbocycles. The van der Waals surface area contributed by atoms with Gasteiger partial charge >= 0.3 is 5.97 Å². The predicted octanol–water partition coefficient (Wildman–Crippen LogP) is 3.02. The summed E-state index contributed by atoms with van der Waals surface area (Å²) in [5.41, 5.74) is 2.54. The van der Waals surface area contributed by atoms with Crippen LogP contribution in [0.25, 0.3) is 5.69 Å². The number of amides is 1. The fraction of sp³-hybridized carbons (Fsp3) is 0.111. The minimum absolute atomic E-state index is 0.333. The van der Waals surface area contributed by atoms with Crippen molar-refractivity contribution in [2.45, 2.75) is 6.92 Å². The number of hydrogen-bond donors (Lipinski definition) is 1. The Morgan fingerprint density at radius 3 is 2.62 bits per heavy atom. The van der Waals surface area contributed by atoms with Crippen molar-refractivity contribution >= 4 is 29.2 Å². The summed E-state index contributed by atoms with van der Waals surface area (Å²) in [5.74, 6) is -1.04. The van der Waals surface area contributed by atoms with Gasteiger partial charge in [-0.2, -0.15) is 5.10 Å². The average Bonchev–Trinajstić information content (AvgIpc) is 3.18. The van der Waals surface area contributed by atoms with Gasteiger partial charge in [-0.15, -0.1) is 0 Å². The van der Waals surface area contributed by atoms with Crippen LogP contribution in [0.4, 0.5) is 5.69 Å². The first-order valence-corrected chi connectivity index (χ1v) is 8.09. The smallest absolute Gasteiger partial charge is 0.338 e. The van der Waals surface area contributed by atoms with Crippen LogP contribution in [0, 0.1) is 6.92 Å². The Morgan fingerprint density at radius 1 is 1.19 bits per heavy atom. The number of hydrogen-bond acceptors (Lipinski definition) is 5. The van der Waals surface area contributed by atoms with Gasteiger partial charge in [0, 0.05) is 10.7 Å². The van der Waals surface area contributed by atoms with E-state index < -0.39 is 18.5 Å². The monoisotopic (exact) mass is 370 g/mol. The summed E-state index contributed by atoms with van der Waals surface area (Å²) in [6.45, 7) is 1.47. The molecule has 7 nitrogen and oxygen atoms in total. The molecule has 1 heterocycles. The lowest BCUT2D eigenvalue weighted by molar-refractivity contribution is -0.119. The van der Waals surface area contributed by atoms with E-state index in [1.54, 1.807) is 53.5 Å². The second kappa shape index (κ2) is 7.79. The van der Waals surface area contributed by atoms with Crippen molar-refractivity contribution in [2.24, 2.45) is 0 Å². The molecule has 3 rings (SSSR count). The quantitative estimate of drug-likeness (QED) is 0.698. The molecule has 0 radical (unpaired) electrons. The van der Waals surface area contributed by atoms with Crippen LogP contribution in [0.3, 0.4) is 0 Å². The van der Waals surface area contributed by atoms with E-state index in [1.165, 1.54) is 6.33 Å². The van der Waals surface area contributed by atoms with Gasteiger partial charge in [0.2, 0.25) is 0 Å². The Balaban J connectivity index is 1.54. The second-order valence-electron chi connectivity index (χ2n) is 5.48. The van der Waals surface area contributed by atoms with Gasteiger partial charge in [0.15, 0.2) is 6.61 Å². The molecule has 0 bridgehead atoms. The van der Waals surface area contributed by atoms with Gasteiger partial charge in [-0.25, -0.2) is 14.5 Å². The zero-order valence-corrected chi connectivity index (χ0v) is 14.6. The van der Waals surface area contributed by atoms with Gasteiger partial charge in [0.05, 0.1) is 11.3 Å². The third-order valence-corrected chi connectivity index (χ3v) is 3.98. The third kappa shape index (κ3) is 4.25. The number of carbonyl (C=O) groups excluding carboxylic acids is 2. The van der Waals surface area contributed by atoms with Crippen LogP contribution < -0.4 is 5.32 Å². The third-order valence-electron chi connectivity index (χ3n) is 3.58. The minimum atomic E-state index is -0.591. The van der Waals surface area contributed by atoms with Crippen molar-refractivity contribution in [2.75, 3.05) is 11.9 Å². The molecule has 0 aliphatic rings. The summed E-state index contributed by atoms with van der Waals surface area (Å²) in [5, 5.41) is 7.17. The number of nitrogens with one attached hydrogen (secondary N) is 1. The number of benzene rings is 2. The number of ether oxygens (including phenoxy) is 1. The van der Waals surface area contributed by atoms with E-state index in [-0.39, 0.29) is 0 Å². The van der Waals surface area contributed by atoms with E-state index >= 15 is 0 Å². The Morgan fingerprint density at radius 2 is 1.96 bits per heavy atom. The maximum atomic E-state index is 12.0. The van der Waals surface area contributed by atoms with Gasteiger partial charge in [0.25, 0.3) is 5.91 Å². The molecule has 1 aromatic heterocycles. The van der Waals surface area contributed by atoms with Crippen molar-refractivity contribution in [3.8, 4) is 5.69 Å². The first-order chi connectivity index (χ1) is 12.5. The van der Waals surface area contributed by atoms with Gasteiger partial charge in [-0.3, -0.25) is 4.79 Å². The fourth-order valence-corrected chi connectivity index (χ4v) is 2.35. The number of aryl methyl sites for hydroxylation is 1. The zero-order chi connectivity index (χ0) is 18.5. The lowest BCUT2D eigenvalue weighted by Gasteiger charge is -2.08. The maximum absolute atomic E-state index is 12.0. The van der Waals surface area contributed by atoms with E-state index in [2.05, 4.69) is 15.4 Å². The molecule has 1 amide bonds. The van der Waals surface area contributed by atoms with Crippen molar-refractivity contribution in [3.63, 3.8) is 0 Å². The first kappa shape index (κ1) is 17.6. The molecule has 0 spiro atoms. The largest absolute Gasteiger partial charge is 0.452 e. The Hall–Kier alpha value is -3.19. The molecule has 0 aliphatic heterocycles. The summed E-state index contributed by atoms with van der Waals surface area (Å²) < 4.78 is 6.59. The highest BCUT2D eigenvalue weighted by Crippen LogP contribution is 2.19. The number of anilines is 1. The highest BCUT2D eigenvalue weighted by atomic mass is 35.5. The number of nitrogens with zero attached hydrogens (tertiary/aromatic N) is 3. The molecule has 8 heteroatoms. The van der Waals surface area contributed by atoms with Gasteiger partial charge in [-0.1, -0.05) is 17.7 Å². The first-order valence-electron chi connectivity index (χ1n) is 7.71. The van der Waals surface area contributed by atoms with Crippen LogP contribution in [0.15, 0.2) is 55.1 Å². The summed E-state index contributed by atoms with van der Waals surface area (Å²) in [6, 6.07) is 11.8. The highest BCUT2D eigenvalue weighted by molar-refractivity contribution is 6.31. The molecular formula is C18H15ClN4O3. The molecule has 26 heavy (non-hydrogen) atoms. The minimum Gasteiger partial charge on any atom is -0.452 e. The highest BCUT2D eigenvalue weighted by Gasteiger charge is 2.11. The summed E-state index contributed by atoms with van der Waals surface area (Å²) >= 11 is 6.01. The van der Waals surface area contributed by atoms with E-state index in [4.69, 9.17) is 16.3 Å². The standard InChI is InChI=1S/C18H15ClN4O3/c1-12-2-5-14(8-16(12)19)22-17(24)9-26-18(25)13-3-6-15(7-4-13)23-11-20-10-21-23/h2-8,10-11H,9H2,1H3,(H,22,24). The maximum Gasteiger partial charge on any atom is 0.338 e. The van der Waals surface area contributed by atoms with Crippen molar-refractivity contribution in [3.05, 3.63) is 71.3 Å². The SMILES string of the molecule is Cc1ccc(NC(=O)COC(=O)c2ccc(-n3cncn3)cc2)cc1Cl. The second-order valence-corrected chi connectivity index (χ2v) is 5.88. The van der Waals surface area contributed by atoms with Crippen LogP contribution in [0.1, 0.15) is 15.9 Å². The molecule has 3 aromatic rings. The Bertz CT molecular complexity index is 924. The number of halogens is 1. The molecule has 0 fully saturated rings. The average molecular weight is 371 g/mol. The van der Waals surface area contributed by atoms with Crippen LogP contribution in [0.5, 0.6) is 0 Å². The number of esters is 1. The van der Waals surface area contributed by atoms with E-state index in [9.17, 15) is 9.59 Å². The van der Waals surface area contributed by atoms with Gasteiger partial charge in [-0.05, 0) is 48.9 Å². The Kier molecular flexibility index (Phi) is 5.28. The van der Waals surface area contributed by atoms with Crippen LogP contribution in [0.2, 0.25) is 5.02 Å². The lowest BCUT2D eigenvalue weighted by Crippen LogP contribution is -2.21. The van der Waals surface area contributed by atoms with E-state index in [1.807, 2.05) is 6.92 Å². The zero-order valence-electron chi connectivity index (χ0n) is 13.8. The van der Waals surface area contributed by atoms with Crippen LogP contribution in [-0.4, -0.2) is 33.2 Å². The van der Waals surface area contributed by atoms with E-state index in [0.717, 1.165) is 11.3 Å². The number of rotatable bonds is 5. The topological polar surface area (TPSA) is 86.1 Å². The normalized spacial score (nSPS) is 10.4. The predicted molar refractivity (Wildman–Crippen MR) is 96.5 cm³/mol. The number of aromatic nitrogens is 3. The van der Waals surface area contributed by atoms with Gasteiger partial charge in [0.1, 0.15) is 12.7 Å². The number of carbonyl (C=O) groups is 2. The Labute approximate surface area is 154 Å². The van der Waals surface area contributed by atoms with Crippen molar-refractivity contribution in [1.29, 1.82) is 0 Å². The summed E-state index contributed by atoms with van der Waals surface area (Å²) in [7, 11) is 0. The van der Waals surface area contributed by atoms with Crippen LogP contribution in [-0.2, 0) is 9.53 Å². The summed E-state index contributed by atoms with van der Waals surface area (Å²) in [4.78, 5) is 27.8. The van der Waals surface area contributed by atoms with E-state index in [0.29, 0.717) is 16.3 Å². The molecule has 0 unspecified atom stereocenters. The van der Waals surface area contributed by atoms with Crippen LogP contribution >= 0.6 is 11.6 Å². The molecule has 132 valence electrons. The molecule has 0 saturated heterocycles.